The van der Waals surface area contributed by atoms with Gasteiger partial charge in [-0.1, -0.05) is 42.5 Å². The standard InChI is InChI=1S/C25H25N3O5/c1-26-25-21-19(9-5-10-20(21)32-23(30)24(31)33-25)22(29)28(25)14-6-13-27-15-11-18(12-16-27)17-7-3-2-4-8-17/h2-5,7-11,26H,6,12-16H2,1H3. The Morgan fingerprint density at radius 3 is 2.55 bits per heavy atom. The van der Waals surface area contributed by atoms with Gasteiger partial charge in [0.1, 0.15) is 5.75 Å². The van der Waals surface area contributed by atoms with Crippen LogP contribution < -0.4 is 10.1 Å². The zero-order chi connectivity index (χ0) is 23.0. The SMILES string of the molecule is CNC12OC(=O)C(=O)Oc3cccc(c31)C(=O)N2CCCN1CC=C(c2ccccc2)CC1. The molecular weight excluding hydrogens is 422 g/mol. The summed E-state index contributed by atoms with van der Waals surface area (Å²) >= 11 is 0. The second kappa shape index (κ2) is 8.46. The monoisotopic (exact) mass is 447 g/mol. The van der Waals surface area contributed by atoms with Crippen LogP contribution in [0, 0.1) is 0 Å². The van der Waals surface area contributed by atoms with Gasteiger partial charge in [0.2, 0.25) is 0 Å². The Kier molecular flexibility index (Phi) is 5.47. The van der Waals surface area contributed by atoms with Gasteiger partial charge < -0.3 is 9.47 Å². The van der Waals surface area contributed by atoms with Crippen molar-refractivity contribution < 1.29 is 23.9 Å². The molecule has 0 saturated carbocycles. The van der Waals surface area contributed by atoms with Crippen molar-refractivity contribution in [3.63, 3.8) is 0 Å². The highest BCUT2D eigenvalue weighted by Gasteiger charge is 2.56. The third-order valence-corrected chi connectivity index (χ3v) is 6.46. The maximum Gasteiger partial charge on any atom is 0.423 e. The lowest BCUT2D eigenvalue weighted by atomic mass is 9.99. The van der Waals surface area contributed by atoms with E-state index in [9.17, 15) is 14.4 Å². The zero-order valence-electron chi connectivity index (χ0n) is 18.4. The number of carbonyl (C=O) groups is 3. The summed E-state index contributed by atoms with van der Waals surface area (Å²) in [7, 11) is 1.59. The first kappa shape index (κ1) is 21.4. The van der Waals surface area contributed by atoms with Gasteiger partial charge in [0.05, 0.1) is 11.1 Å². The molecule has 0 fully saturated rings. The number of rotatable bonds is 6. The van der Waals surface area contributed by atoms with Crippen LogP contribution in [0.3, 0.4) is 0 Å². The summed E-state index contributed by atoms with van der Waals surface area (Å²) in [4.78, 5) is 41.3. The first-order valence-electron chi connectivity index (χ1n) is 11.1. The van der Waals surface area contributed by atoms with Gasteiger partial charge in [-0.3, -0.25) is 19.9 Å². The highest BCUT2D eigenvalue weighted by Crippen LogP contribution is 2.45. The molecule has 8 heteroatoms. The molecular formula is C25H25N3O5. The highest BCUT2D eigenvalue weighted by atomic mass is 16.6. The van der Waals surface area contributed by atoms with Gasteiger partial charge >= 0.3 is 11.9 Å². The van der Waals surface area contributed by atoms with Crippen LogP contribution in [0.2, 0.25) is 0 Å². The summed E-state index contributed by atoms with van der Waals surface area (Å²) in [5.41, 5.74) is 3.34. The van der Waals surface area contributed by atoms with Crippen molar-refractivity contribution in [2.24, 2.45) is 0 Å². The van der Waals surface area contributed by atoms with Crippen molar-refractivity contribution in [1.82, 2.24) is 15.1 Å². The minimum absolute atomic E-state index is 0.156. The molecule has 3 aliphatic heterocycles. The van der Waals surface area contributed by atoms with E-state index >= 15 is 0 Å². The average Bonchev–Trinajstić information content (AvgIpc) is 3.01. The van der Waals surface area contributed by atoms with Crippen LogP contribution in [0.4, 0.5) is 0 Å². The number of ether oxygens (including phenoxy) is 2. The number of nitrogens with zero attached hydrogens (tertiary/aromatic N) is 2. The van der Waals surface area contributed by atoms with Crippen LogP contribution in [-0.2, 0) is 20.2 Å². The van der Waals surface area contributed by atoms with Crippen molar-refractivity contribution >= 4 is 23.4 Å². The lowest BCUT2D eigenvalue weighted by Crippen LogP contribution is -2.56. The Hall–Kier alpha value is -3.49. The van der Waals surface area contributed by atoms with Crippen LogP contribution in [0.5, 0.6) is 5.75 Å². The van der Waals surface area contributed by atoms with E-state index in [4.69, 9.17) is 9.47 Å². The molecule has 5 rings (SSSR count). The van der Waals surface area contributed by atoms with E-state index in [-0.39, 0.29) is 11.7 Å². The molecule has 0 radical (unpaired) electrons. The Labute approximate surface area is 191 Å². The van der Waals surface area contributed by atoms with E-state index < -0.39 is 17.8 Å². The molecule has 3 aliphatic rings. The van der Waals surface area contributed by atoms with Gasteiger partial charge in [0, 0.05) is 26.2 Å². The molecule has 1 unspecified atom stereocenters. The number of benzene rings is 2. The molecule has 0 aliphatic carbocycles. The average molecular weight is 447 g/mol. The van der Waals surface area contributed by atoms with Crippen LogP contribution in [0.1, 0.15) is 34.3 Å². The predicted molar refractivity (Wildman–Crippen MR) is 120 cm³/mol. The number of hydrogen-bond acceptors (Lipinski definition) is 7. The van der Waals surface area contributed by atoms with Crippen molar-refractivity contribution in [2.75, 3.05) is 33.2 Å². The fourth-order valence-corrected chi connectivity index (χ4v) is 4.84. The molecule has 170 valence electrons. The smallest absolute Gasteiger partial charge is 0.417 e. The molecule has 2 aromatic carbocycles. The molecule has 1 N–H and O–H groups in total. The fraction of sp³-hybridized carbons (Fsp3) is 0.320. The second-order valence-corrected chi connectivity index (χ2v) is 8.31. The molecule has 1 atom stereocenters. The quantitative estimate of drug-likeness (QED) is 0.412. The summed E-state index contributed by atoms with van der Waals surface area (Å²) in [6.45, 7) is 2.92. The van der Waals surface area contributed by atoms with Crippen LogP contribution in [0.15, 0.2) is 54.6 Å². The molecule has 1 amide bonds. The van der Waals surface area contributed by atoms with Crippen molar-refractivity contribution in [3.8, 4) is 5.75 Å². The van der Waals surface area contributed by atoms with E-state index in [1.54, 1.807) is 25.2 Å². The Balaban J connectivity index is 1.30. The maximum atomic E-state index is 13.2. The van der Waals surface area contributed by atoms with Gasteiger partial charge in [-0.25, -0.2) is 9.59 Å². The maximum absolute atomic E-state index is 13.2. The van der Waals surface area contributed by atoms with Gasteiger partial charge in [0.15, 0.2) is 0 Å². The molecule has 2 aromatic rings. The number of amides is 1. The number of nitrogens with one attached hydrogen (secondary N) is 1. The van der Waals surface area contributed by atoms with Gasteiger partial charge in [-0.15, -0.1) is 0 Å². The third kappa shape index (κ3) is 3.61. The lowest BCUT2D eigenvalue weighted by molar-refractivity contribution is -0.190. The molecule has 0 saturated heterocycles. The Morgan fingerprint density at radius 1 is 1.00 bits per heavy atom. The summed E-state index contributed by atoms with van der Waals surface area (Å²) in [6.07, 6.45) is 3.91. The third-order valence-electron chi connectivity index (χ3n) is 6.46. The summed E-state index contributed by atoms with van der Waals surface area (Å²) in [6, 6.07) is 15.2. The molecule has 8 nitrogen and oxygen atoms in total. The first-order valence-corrected chi connectivity index (χ1v) is 11.1. The lowest BCUT2D eigenvalue weighted by Gasteiger charge is -2.37. The van der Waals surface area contributed by atoms with Gasteiger partial charge in [0.25, 0.3) is 11.8 Å². The van der Waals surface area contributed by atoms with E-state index in [0.29, 0.717) is 24.1 Å². The van der Waals surface area contributed by atoms with E-state index in [1.165, 1.54) is 16.0 Å². The van der Waals surface area contributed by atoms with Crippen LogP contribution >= 0.6 is 0 Å². The number of hydrogen-bond donors (Lipinski definition) is 1. The summed E-state index contributed by atoms with van der Waals surface area (Å²) in [5, 5.41) is 2.97. The van der Waals surface area contributed by atoms with E-state index in [1.807, 2.05) is 6.07 Å². The number of carbonyl (C=O) groups excluding carboxylic acids is 3. The first-order chi connectivity index (χ1) is 16.0. The molecule has 0 bridgehead atoms. The van der Waals surface area contributed by atoms with Crippen molar-refractivity contribution in [2.45, 2.75) is 18.7 Å². The normalized spacial score (nSPS) is 22.4. The van der Waals surface area contributed by atoms with Crippen LogP contribution in [-0.4, -0.2) is 60.9 Å². The Bertz CT molecular complexity index is 1150. The number of esters is 2. The summed E-state index contributed by atoms with van der Waals surface area (Å²) < 4.78 is 10.7. The molecule has 0 aromatic heterocycles. The Morgan fingerprint density at radius 2 is 1.82 bits per heavy atom. The van der Waals surface area contributed by atoms with E-state index in [2.05, 4.69) is 40.6 Å². The van der Waals surface area contributed by atoms with E-state index in [0.717, 1.165) is 26.1 Å². The molecule has 0 spiro atoms. The molecule has 33 heavy (non-hydrogen) atoms. The minimum Gasteiger partial charge on any atom is -0.417 e. The topological polar surface area (TPSA) is 88.2 Å². The fourth-order valence-electron chi connectivity index (χ4n) is 4.84. The van der Waals surface area contributed by atoms with Crippen molar-refractivity contribution in [3.05, 3.63) is 71.3 Å². The predicted octanol–water partition coefficient (Wildman–Crippen LogP) is 2.11. The zero-order valence-corrected chi connectivity index (χ0v) is 18.4. The molecule has 3 heterocycles. The van der Waals surface area contributed by atoms with Gasteiger partial charge in [-0.2, -0.15) is 0 Å². The highest BCUT2D eigenvalue weighted by molar-refractivity contribution is 6.31. The van der Waals surface area contributed by atoms with Gasteiger partial charge in [-0.05, 0) is 43.2 Å². The summed E-state index contributed by atoms with van der Waals surface area (Å²) in [5.74, 6) is -3.91. The van der Waals surface area contributed by atoms with Crippen molar-refractivity contribution in [1.29, 1.82) is 0 Å². The largest absolute Gasteiger partial charge is 0.423 e. The second-order valence-electron chi connectivity index (χ2n) is 8.31. The minimum atomic E-state index is -1.56. The van der Waals surface area contributed by atoms with Crippen LogP contribution in [0.25, 0.3) is 5.57 Å².